The van der Waals surface area contributed by atoms with Crippen LogP contribution in [-0.2, 0) is 19.1 Å². The summed E-state index contributed by atoms with van der Waals surface area (Å²) in [4.78, 5) is 41.3. The molecule has 0 rings (SSSR count). The maximum atomic E-state index is 10.8. The lowest BCUT2D eigenvalue weighted by Crippen LogP contribution is -2.22. The molecule has 1 atom stereocenters. The Morgan fingerprint density at radius 3 is 1.93 bits per heavy atom. The van der Waals surface area contributed by atoms with Crippen molar-refractivity contribution in [3.05, 3.63) is 0 Å². The Labute approximate surface area is 83.4 Å². The zero-order valence-electron chi connectivity index (χ0n) is 7.63. The molecule has 0 saturated heterocycles. The highest BCUT2D eigenvalue weighted by Crippen LogP contribution is 2.06. The van der Waals surface area contributed by atoms with Crippen LogP contribution < -0.4 is 0 Å². The van der Waals surface area contributed by atoms with E-state index in [0.717, 1.165) is 0 Å². The average Bonchev–Trinajstić information content (AvgIpc) is 2.00. The van der Waals surface area contributed by atoms with E-state index in [9.17, 15) is 19.2 Å². The average molecular weight is 220 g/mol. The third kappa shape index (κ3) is 6.02. The van der Waals surface area contributed by atoms with Gasteiger partial charge in [-0.2, -0.15) is 0 Å². The van der Waals surface area contributed by atoms with E-state index < -0.39 is 36.6 Å². The van der Waals surface area contributed by atoms with Crippen LogP contribution in [0.3, 0.4) is 0 Å². The minimum absolute atomic E-state index is 0.571. The first-order valence-electron chi connectivity index (χ1n) is 3.71. The Bertz CT molecular complexity index is 293. The number of hydrogen-bond acceptors (Lipinski definition) is 6. The van der Waals surface area contributed by atoms with E-state index >= 15 is 0 Å². The first-order chi connectivity index (χ1) is 6.82. The monoisotopic (exact) mass is 220 g/mol. The van der Waals surface area contributed by atoms with Gasteiger partial charge in [0.1, 0.15) is 0 Å². The zero-order valence-corrected chi connectivity index (χ0v) is 7.63. The molecule has 0 fully saturated rings. The van der Waals surface area contributed by atoms with E-state index in [1.165, 1.54) is 6.92 Å². The summed E-state index contributed by atoms with van der Waals surface area (Å²) in [5.74, 6) is -3.39. The van der Waals surface area contributed by atoms with E-state index in [2.05, 4.69) is 9.47 Å². The van der Waals surface area contributed by atoms with Gasteiger partial charge in [-0.15, -0.1) is 0 Å². The molecular formula is C7H8O8. The Kier molecular flexibility index (Phi) is 4.79. The molecular weight excluding hydrogens is 212 g/mol. The standard InChI is InChI=1S/C7H8O8/c1-3(5(9)15-7(12)13)2-4(8)14-6(10)11/h3H,2H2,1H3,(H,10,11)(H,12,13). The van der Waals surface area contributed by atoms with E-state index in [4.69, 9.17) is 10.2 Å². The highest BCUT2D eigenvalue weighted by Gasteiger charge is 2.22. The summed E-state index contributed by atoms with van der Waals surface area (Å²) in [5, 5.41) is 16.1. The van der Waals surface area contributed by atoms with Crippen LogP contribution in [0.25, 0.3) is 0 Å². The van der Waals surface area contributed by atoms with Crippen LogP contribution in [0.15, 0.2) is 0 Å². The SMILES string of the molecule is CC(CC(=O)OC(=O)O)C(=O)OC(=O)O. The van der Waals surface area contributed by atoms with Crippen molar-refractivity contribution in [2.45, 2.75) is 13.3 Å². The van der Waals surface area contributed by atoms with E-state index in [0.29, 0.717) is 0 Å². The van der Waals surface area contributed by atoms with Crippen LogP contribution in [0, 0.1) is 5.92 Å². The predicted octanol–water partition coefficient (Wildman–Crippen LogP) is 0.455. The minimum Gasteiger partial charge on any atom is -0.449 e. The second-order valence-corrected chi connectivity index (χ2v) is 2.53. The lowest BCUT2D eigenvalue weighted by Gasteiger charge is -2.06. The third-order valence-corrected chi connectivity index (χ3v) is 1.26. The maximum absolute atomic E-state index is 10.8. The molecule has 84 valence electrons. The summed E-state index contributed by atoms with van der Waals surface area (Å²) >= 11 is 0. The maximum Gasteiger partial charge on any atom is 0.513 e. The summed E-state index contributed by atoms with van der Waals surface area (Å²) in [6, 6.07) is 0. The molecule has 0 aromatic rings. The molecule has 8 nitrogen and oxygen atoms in total. The Hall–Kier alpha value is -2.12. The van der Waals surface area contributed by atoms with Crippen molar-refractivity contribution in [2.75, 3.05) is 0 Å². The van der Waals surface area contributed by atoms with Crippen LogP contribution >= 0.6 is 0 Å². The summed E-state index contributed by atoms with van der Waals surface area (Å²) < 4.78 is 7.44. The van der Waals surface area contributed by atoms with Crippen LogP contribution in [0.5, 0.6) is 0 Å². The van der Waals surface area contributed by atoms with Gasteiger partial charge in [0, 0.05) is 0 Å². The molecule has 0 spiro atoms. The molecule has 0 aliphatic carbocycles. The molecule has 0 aromatic heterocycles. The van der Waals surface area contributed by atoms with Crippen LogP contribution in [0.4, 0.5) is 9.59 Å². The second-order valence-electron chi connectivity index (χ2n) is 2.53. The molecule has 15 heavy (non-hydrogen) atoms. The fourth-order valence-electron chi connectivity index (χ4n) is 0.659. The summed E-state index contributed by atoms with van der Waals surface area (Å²) in [6.45, 7) is 1.20. The number of ether oxygens (including phenoxy) is 2. The molecule has 0 aromatic carbocycles. The Morgan fingerprint density at radius 1 is 1.07 bits per heavy atom. The van der Waals surface area contributed by atoms with Gasteiger partial charge >= 0.3 is 24.2 Å². The van der Waals surface area contributed by atoms with Gasteiger partial charge in [0.2, 0.25) is 0 Å². The van der Waals surface area contributed by atoms with Crippen molar-refractivity contribution in [2.24, 2.45) is 5.92 Å². The third-order valence-electron chi connectivity index (χ3n) is 1.26. The van der Waals surface area contributed by atoms with E-state index in [1.807, 2.05) is 0 Å². The lowest BCUT2D eigenvalue weighted by molar-refractivity contribution is -0.149. The van der Waals surface area contributed by atoms with Crippen LogP contribution in [-0.4, -0.2) is 34.5 Å². The van der Waals surface area contributed by atoms with Gasteiger partial charge in [0.25, 0.3) is 0 Å². The van der Waals surface area contributed by atoms with Crippen LogP contribution in [0.1, 0.15) is 13.3 Å². The van der Waals surface area contributed by atoms with E-state index in [1.54, 1.807) is 0 Å². The van der Waals surface area contributed by atoms with Crippen LogP contribution in [0.2, 0.25) is 0 Å². The predicted molar refractivity (Wildman–Crippen MR) is 42.0 cm³/mol. The summed E-state index contributed by atoms with van der Waals surface area (Å²) in [7, 11) is 0. The van der Waals surface area contributed by atoms with Gasteiger partial charge in [-0.1, -0.05) is 6.92 Å². The fraction of sp³-hybridized carbons (Fsp3) is 0.429. The lowest BCUT2D eigenvalue weighted by atomic mass is 10.1. The molecule has 0 radical (unpaired) electrons. The molecule has 0 amide bonds. The van der Waals surface area contributed by atoms with Crippen molar-refractivity contribution in [1.82, 2.24) is 0 Å². The largest absolute Gasteiger partial charge is 0.513 e. The van der Waals surface area contributed by atoms with Gasteiger partial charge in [-0.3, -0.25) is 9.59 Å². The molecule has 0 aliphatic rings. The molecule has 0 aliphatic heterocycles. The van der Waals surface area contributed by atoms with Crippen molar-refractivity contribution < 1.29 is 38.9 Å². The topological polar surface area (TPSA) is 127 Å². The Morgan fingerprint density at radius 2 is 1.53 bits per heavy atom. The van der Waals surface area contributed by atoms with Crippen molar-refractivity contribution in [1.29, 1.82) is 0 Å². The van der Waals surface area contributed by atoms with Gasteiger partial charge in [-0.25, -0.2) is 9.59 Å². The number of esters is 2. The number of carbonyl (C=O) groups excluding carboxylic acids is 2. The smallest absolute Gasteiger partial charge is 0.449 e. The van der Waals surface area contributed by atoms with Crippen molar-refractivity contribution in [3.8, 4) is 0 Å². The minimum atomic E-state index is -1.79. The number of rotatable bonds is 3. The normalized spacial score (nSPS) is 11.3. The van der Waals surface area contributed by atoms with Crippen molar-refractivity contribution in [3.63, 3.8) is 0 Å². The first kappa shape index (κ1) is 12.9. The van der Waals surface area contributed by atoms with Crippen molar-refractivity contribution >= 4 is 24.2 Å². The quantitative estimate of drug-likeness (QED) is 0.518. The summed E-state index contributed by atoms with van der Waals surface area (Å²) in [5.41, 5.74) is 0. The second kappa shape index (κ2) is 5.58. The number of hydrogen-bond donors (Lipinski definition) is 2. The highest BCUT2D eigenvalue weighted by molar-refractivity contribution is 5.87. The first-order valence-corrected chi connectivity index (χ1v) is 3.71. The summed E-state index contributed by atoms with van der Waals surface area (Å²) in [6.07, 6.45) is -4.16. The molecule has 0 saturated carbocycles. The molecule has 1 unspecified atom stereocenters. The van der Waals surface area contributed by atoms with Gasteiger partial charge < -0.3 is 19.7 Å². The molecule has 0 bridgehead atoms. The van der Waals surface area contributed by atoms with Gasteiger partial charge in [-0.05, 0) is 0 Å². The highest BCUT2D eigenvalue weighted by atomic mass is 16.7. The molecule has 2 N–H and O–H groups in total. The molecule has 8 heteroatoms. The molecule has 0 heterocycles. The number of carboxylic acid groups (broad SMARTS) is 2. The van der Waals surface area contributed by atoms with Gasteiger partial charge in [0.05, 0.1) is 12.3 Å². The Balaban J connectivity index is 4.07. The fourth-order valence-corrected chi connectivity index (χ4v) is 0.659. The zero-order chi connectivity index (χ0) is 12.0. The number of carbonyl (C=O) groups is 4. The van der Waals surface area contributed by atoms with E-state index in [-0.39, 0.29) is 0 Å². The van der Waals surface area contributed by atoms with Gasteiger partial charge in [0.15, 0.2) is 0 Å².